The van der Waals surface area contributed by atoms with E-state index in [0.717, 1.165) is 44.7 Å². The molecule has 0 amide bonds. The molecule has 1 heterocycles. The van der Waals surface area contributed by atoms with Crippen molar-refractivity contribution in [3.8, 4) is 0 Å². The Morgan fingerprint density at radius 2 is 1.70 bits per heavy atom. The minimum absolute atomic E-state index is 0. The van der Waals surface area contributed by atoms with Crippen LogP contribution in [0, 0.1) is 6.92 Å². The lowest BCUT2D eigenvalue weighted by Crippen LogP contribution is -2.38. The summed E-state index contributed by atoms with van der Waals surface area (Å²) in [6.07, 6.45) is 3.84. The Labute approximate surface area is 179 Å². The summed E-state index contributed by atoms with van der Waals surface area (Å²) in [5.74, 6) is 2.80. The molecule has 0 unspecified atom stereocenters. The van der Waals surface area contributed by atoms with Crippen LogP contribution in [0.1, 0.15) is 55.4 Å². The maximum Gasteiger partial charge on any atom is 0.226 e. The molecule has 1 aromatic heterocycles. The van der Waals surface area contributed by atoms with E-state index >= 15 is 0 Å². The molecule has 0 spiro atoms. The van der Waals surface area contributed by atoms with Crippen molar-refractivity contribution in [3.05, 3.63) is 47.1 Å². The van der Waals surface area contributed by atoms with Crippen LogP contribution in [-0.4, -0.2) is 36.2 Å². The van der Waals surface area contributed by atoms with Crippen molar-refractivity contribution in [2.45, 2.75) is 52.4 Å². The van der Waals surface area contributed by atoms with Gasteiger partial charge in [-0.2, -0.15) is 4.98 Å². The number of aryl methyl sites for hydroxylation is 3. The molecule has 0 aliphatic carbocycles. The minimum atomic E-state index is 0. The largest absolute Gasteiger partial charge is 0.356 e. The van der Waals surface area contributed by atoms with Gasteiger partial charge in [0.25, 0.3) is 0 Å². The number of hydrogen-bond donors (Lipinski definition) is 2. The zero-order chi connectivity index (χ0) is 18.8. The zero-order valence-corrected chi connectivity index (χ0v) is 19.1. The Morgan fingerprint density at radius 3 is 2.22 bits per heavy atom. The first-order valence-electron chi connectivity index (χ1n) is 9.41. The lowest BCUT2D eigenvalue weighted by Gasteiger charge is -2.11. The summed E-state index contributed by atoms with van der Waals surface area (Å²) in [5, 5.41) is 10.5. The number of benzene rings is 1. The average Bonchev–Trinajstić information content (AvgIpc) is 3.06. The van der Waals surface area contributed by atoms with Gasteiger partial charge in [-0.05, 0) is 43.2 Å². The summed E-state index contributed by atoms with van der Waals surface area (Å²) in [4.78, 5) is 8.46. The van der Waals surface area contributed by atoms with E-state index in [9.17, 15) is 0 Å². The van der Waals surface area contributed by atoms with Crippen LogP contribution in [0.3, 0.4) is 0 Å². The molecule has 150 valence electrons. The fraction of sp³-hybridized carbons (Fsp3) is 0.550. The molecule has 2 aromatic rings. The van der Waals surface area contributed by atoms with Crippen molar-refractivity contribution < 1.29 is 4.52 Å². The van der Waals surface area contributed by atoms with E-state index in [2.05, 4.69) is 63.9 Å². The lowest BCUT2D eigenvalue weighted by molar-refractivity contribution is 0.372. The highest BCUT2D eigenvalue weighted by molar-refractivity contribution is 14.0. The number of nitrogens with zero attached hydrogens (tertiary/aromatic N) is 3. The standard InChI is InChI=1S/C20H31N5O.HI/c1-15(2)18-11-9-17(10-12-18)7-5-13-22-20(21-4)23-14-6-8-19-24-16(3)25-26-19;/h9-12,15H,5-8,13-14H2,1-4H3,(H2,21,22,23);1H. The van der Waals surface area contributed by atoms with Crippen LogP contribution in [0.25, 0.3) is 0 Å². The zero-order valence-electron chi connectivity index (χ0n) is 16.8. The van der Waals surface area contributed by atoms with Gasteiger partial charge in [0.15, 0.2) is 11.8 Å². The molecule has 0 saturated carbocycles. The number of guanidine groups is 1. The Kier molecular flexibility index (Phi) is 11.0. The Bertz CT molecular complexity index is 682. The van der Waals surface area contributed by atoms with E-state index in [1.54, 1.807) is 7.05 Å². The fourth-order valence-corrected chi connectivity index (χ4v) is 2.68. The second kappa shape index (κ2) is 12.7. The third-order valence-corrected chi connectivity index (χ3v) is 4.23. The monoisotopic (exact) mass is 485 g/mol. The van der Waals surface area contributed by atoms with E-state index in [-0.39, 0.29) is 24.0 Å². The molecule has 7 heteroatoms. The van der Waals surface area contributed by atoms with Crippen LogP contribution < -0.4 is 10.6 Å². The van der Waals surface area contributed by atoms with Gasteiger partial charge in [-0.25, -0.2) is 0 Å². The van der Waals surface area contributed by atoms with Gasteiger partial charge in [-0.15, -0.1) is 24.0 Å². The van der Waals surface area contributed by atoms with Gasteiger partial charge in [0.2, 0.25) is 5.89 Å². The summed E-state index contributed by atoms with van der Waals surface area (Å²) in [6.45, 7) is 7.99. The molecule has 27 heavy (non-hydrogen) atoms. The smallest absolute Gasteiger partial charge is 0.226 e. The van der Waals surface area contributed by atoms with Crippen molar-refractivity contribution in [3.63, 3.8) is 0 Å². The molecule has 0 atom stereocenters. The van der Waals surface area contributed by atoms with E-state index in [4.69, 9.17) is 4.52 Å². The van der Waals surface area contributed by atoms with Crippen molar-refractivity contribution in [1.29, 1.82) is 0 Å². The molecule has 1 aromatic carbocycles. The number of hydrogen-bond acceptors (Lipinski definition) is 4. The summed E-state index contributed by atoms with van der Waals surface area (Å²) in [5.41, 5.74) is 2.78. The first kappa shape index (κ1) is 23.4. The molecule has 0 aliphatic heterocycles. The number of nitrogens with one attached hydrogen (secondary N) is 2. The number of halogens is 1. The molecule has 0 fully saturated rings. The molecule has 2 rings (SSSR count). The third-order valence-electron chi connectivity index (χ3n) is 4.23. The SMILES string of the molecule is CN=C(NCCCc1ccc(C(C)C)cc1)NCCCc1nc(C)no1.I. The summed E-state index contributed by atoms with van der Waals surface area (Å²) in [7, 11) is 1.79. The van der Waals surface area contributed by atoms with Gasteiger partial charge < -0.3 is 15.2 Å². The topological polar surface area (TPSA) is 75.3 Å². The fourth-order valence-electron chi connectivity index (χ4n) is 2.68. The van der Waals surface area contributed by atoms with E-state index < -0.39 is 0 Å². The Morgan fingerprint density at radius 1 is 1.07 bits per heavy atom. The molecule has 0 radical (unpaired) electrons. The van der Waals surface area contributed by atoms with Crippen LogP contribution >= 0.6 is 24.0 Å². The van der Waals surface area contributed by atoms with Crippen molar-refractivity contribution >= 4 is 29.9 Å². The van der Waals surface area contributed by atoms with Gasteiger partial charge in [-0.3, -0.25) is 4.99 Å². The van der Waals surface area contributed by atoms with Crippen LogP contribution in [-0.2, 0) is 12.8 Å². The summed E-state index contributed by atoms with van der Waals surface area (Å²) < 4.78 is 5.10. The van der Waals surface area contributed by atoms with Gasteiger partial charge in [-0.1, -0.05) is 43.3 Å². The third kappa shape index (κ3) is 8.73. The molecule has 0 saturated heterocycles. The van der Waals surface area contributed by atoms with Crippen LogP contribution in [0.2, 0.25) is 0 Å². The first-order valence-corrected chi connectivity index (χ1v) is 9.41. The summed E-state index contributed by atoms with van der Waals surface area (Å²) in [6, 6.07) is 8.95. The number of aromatic nitrogens is 2. The predicted molar refractivity (Wildman–Crippen MR) is 121 cm³/mol. The number of aliphatic imine (C=N–C) groups is 1. The lowest BCUT2D eigenvalue weighted by atomic mass is 10.0. The molecule has 0 aliphatic rings. The van der Waals surface area contributed by atoms with Gasteiger partial charge in [0.05, 0.1) is 0 Å². The van der Waals surface area contributed by atoms with Crippen LogP contribution in [0.15, 0.2) is 33.8 Å². The Hall–Kier alpha value is -1.64. The normalized spacial score (nSPS) is 11.4. The van der Waals surface area contributed by atoms with Crippen LogP contribution in [0.4, 0.5) is 0 Å². The van der Waals surface area contributed by atoms with Crippen molar-refractivity contribution in [2.75, 3.05) is 20.1 Å². The van der Waals surface area contributed by atoms with Gasteiger partial charge in [0.1, 0.15) is 0 Å². The Balaban J connectivity index is 0.00000364. The molecular weight excluding hydrogens is 453 g/mol. The highest BCUT2D eigenvalue weighted by Gasteiger charge is 2.03. The maximum absolute atomic E-state index is 5.10. The van der Waals surface area contributed by atoms with Crippen molar-refractivity contribution in [2.24, 2.45) is 4.99 Å². The van der Waals surface area contributed by atoms with Gasteiger partial charge >= 0.3 is 0 Å². The summed E-state index contributed by atoms with van der Waals surface area (Å²) >= 11 is 0. The molecule has 0 bridgehead atoms. The molecule has 6 nitrogen and oxygen atoms in total. The molecule has 2 N–H and O–H groups in total. The predicted octanol–water partition coefficient (Wildman–Crippen LogP) is 3.85. The van der Waals surface area contributed by atoms with Crippen molar-refractivity contribution in [1.82, 2.24) is 20.8 Å². The molecular formula is C20H32IN5O. The average molecular weight is 485 g/mol. The van der Waals surface area contributed by atoms with E-state index in [1.807, 2.05) is 6.92 Å². The second-order valence-corrected chi connectivity index (χ2v) is 6.76. The highest BCUT2D eigenvalue weighted by Crippen LogP contribution is 2.15. The first-order chi connectivity index (χ1) is 12.6. The minimum Gasteiger partial charge on any atom is -0.356 e. The van der Waals surface area contributed by atoms with E-state index in [0.29, 0.717) is 17.6 Å². The quantitative estimate of drug-likeness (QED) is 0.244. The van der Waals surface area contributed by atoms with Crippen LogP contribution in [0.5, 0.6) is 0 Å². The van der Waals surface area contributed by atoms with Gasteiger partial charge in [0, 0.05) is 26.6 Å². The maximum atomic E-state index is 5.10. The van der Waals surface area contributed by atoms with E-state index in [1.165, 1.54) is 11.1 Å². The highest BCUT2D eigenvalue weighted by atomic mass is 127. The second-order valence-electron chi connectivity index (χ2n) is 6.76. The number of rotatable bonds is 9.